The third-order valence-corrected chi connectivity index (χ3v) is 4.41. The van der Waals surface area contributed by atoms with E-state index in [2.05, 4.69) is 40.4 Å². The van der Waals surface area contributed by atoms with Gasteiger partial charge in [-0.2, -0.15) is 0 Å². The van der Waals surface area contributed by atoms with E-state index in [-0.39, 0.29) is 0 Å². The van der Waals surface area contributed by atoms with Crippen molar-refractivity contribution in [3.63, 3.8) is 0 Å². The fraction of sp³-hybridized carbons (Fsp3) is 0.667. The molecule has 0 atom stereocenters. The Morgan fingerprint density at radius 3 is 2.52 bits per heavy atom. The van der Waals surface area contributed by atoms with E-state index in [1.54, 1.807) is 7.05 Å². The Labute approximate surface area is 165 Å². The quantitative estimate of drug-likeness (QED) is 0.296. The molecule has 0 aliphatic rings. The molecule has 6 heteroatoms. The molecule has 154 valence electrons. The van der Waals surface area contributed by atoms with Gasteiger partial charge in [-0.3, -0.25) is 4.99 Å². The Morgan fingerprint density at radius 2 is 1.81 bits per heavy atom. The summed E-state index contributed by atoms with van der Waals surface area (Å²) < 4.78 is 11.4. The molecule has 6 nitrogen and oxygen atoms in total. The maximum atomic E-state index is 6.02. The summed E-state index contributed by atoms with van der Waals surface area (Å²) in [6.45, 7) is 13.3. The topological polar surface area (TPSA) is 58.1 Å². The molecule has 0 aliphatic heterocycles. The van der Waals surface area contributed by atoms with Crippen molar-refractivity contribution in [1.82, 2.24) is 15.5 Å². The molecular formula is C21H38N4O2. The molecule has 0 heterocycles. The predicted octanol–water partition coefficient (Wildman–Crippen LogP) is 2.89. The zero-order valence-corrected chi connectivity index (χ0v) is 17.6. The molecule has 1 aromatic carbocycles. The van der Waals surface area contributed by atoms with Gasteiger partial charge in [0.2, 0.25) is 0 Å². The predicted molar refractivity (Wildman–Crippen MR) is 114 cm³/mol. The second-order valence-electron chi connectivity index (χ2n) is 6.24. The van der Waals surface area contributed by atoms with Gasteiger partial charge in [-0.15, -0.1) is 0 Å². The van der Waals surface area contributed by atoms with Crippen LogP contribution in [0.2, 0.25) is 0 Å². The Bertz CT molecular complexity index is 519. The average Bonchev–Trinajstić information content (AvgIpc) is 2.71. The lowest BCUT2D eigenvalue weighted by molar-refractivity contribution is 0.143. The molecule has 0 spiro atoms. The van der Waals surface area contributed by atoms with Crippen LogP contribution in [0.4, 0.5) is 0 Å². The summed E-state index contributed by atoms with van der Waals surface area (Å²) in [5, 5.41) is 6.71. The minimum Gasteiger partial charge on any atom is -0.492 e. The van der Waals surface area contributed by atoms with Crippen LogP contribution in [0.5, 0.6) is 5.75 Å². The molecule has 0 bridgehead atoms. The Morgan fingerprint density at radius 1 is 1.04 bits per heavy atom. The SMILES string of the molecule is CCOCCCCNC(=NC)NCc1ccccc1OCCN(CC)CC. The molecule has 1 rings (SSSR count). The van der Waals surface area contributed by atoms with Crippen LogP contribution in [0, 0.1) is 0 Å². The van der Waals surface area contributed by atoms with E-state index < -0.39 is 0 Å². The standard InChI is InChI=1S/C21H38N4O2/c1-5-25(6-2)15-17-27-20-13-9-8-12-19(20)18-24-21(22-4)23-14-10-11-16-26-7-3/h8-9,12-13H,5-7,10-11,14-18H2,1-4H3,(H2,22,23,24). The molecule has 27 heavy (non-hydrogen) atoms. The van der Waals surface area contributed by atoms with Crippen LogP contribution >= 0.6 is 0 Å². The number of aliphatic imine (C=N–C) groups is 1. The van der Waals surface area contributed by atoms with Crippen LogP contribution < -0.4 is 15.4 Å². The first-order valence-corrected chi connectivity index (χ1v) is 10.2. The second kappa shape index (κ2) is 15.3. The number of unbranched alkanes of at least 4 members (excludes halogenated alkanes) is 1. The Kier molecular flexibility index (Phi) is 13.2. The Hall–Kier alpha value is -1.79. The molecule has 0 fully saturated rings. The molecule has 0 aromatic heterocycles. The molecule has 1 aromatic rings. The number of guanidine groups is 1. The van der Waals surface area contributed by atoms with Crippen molar-refractivity contribution in [2.75, 3.05) is 53.0 Å². The van der Waals surface area contributed by atoms with Crippen molar-refractivity contribution in [3.8, 4) is 5.75 Å². The second-order valence-corrected chi connectivity index (χ2v) is 6.24. The fourth-order valence-corrected chi connectivity index (χ4v) is 2.70. The normalized spacial score (nSPS) is 11.7. The lowest BCUT2D eigenvalue weighted by atomic mass is 10.2. The van der Waals surface area contributed by atoms with Gasteiger partial charge in [0.15, 0.2) is 5.96 Å². The van der Waals surface area contributed by atoms with Gasteiger partial charge in [0.05, 0.1) is 0 Å². The van der Waals surface area contributed by atoms with E-state index in [0.717, 1.165) is 69.5 Å². The summed E-state index contributed by atoms with van der Waals surface area (Å²) in [6.07, 6.45) is 2.12. The lowest BCUT2D eigenvalue weighted by Gasteiger charge is -2.19. The summed E-state index contributed by atoms with van der Waals surface area (Å²) in [5.74, 6) is 1.74. The van der Waals surface area contributed by atoms with Crippen molar-refractivity contribution < 1.29 is 9.47 Å². The summed E-state index contributed by atoms with van der Waals surface area (Å²) >= 11 is 0. The summed E-state index contributed by atoms with van der Waals surface area (Å²) in [6, 6.07) is 8.18. The highest BCUT2D eigenvalue weighted by Gasteiger charge is 2.06. The molecule has 0 saturated carbocycles. The van der Waals surface area contributed by atoms with Gasteiger partial charge in [0.25, 0.3) is 0 Å². The number of rotatable bonds is 14. The first kappa shape index (κ1) is 23.2. The number of hydrogen-bond donors (Lipinski definition) is 2. The van der Waals surface area contributed by atoms with Crippen molar-refractivity contribution in [1.29, 1.82) is 0 Å². The van der Waals surface area contributed by atoms with E-state index in [1.165, 1.54) is 0 Å². The zero-order valence-electron chi connectivity index (χ0n) is 17.6. The number of likely N-dealkylation sites (N-methyl/N-ethyl adjacent to an activating group) is 1. The van der Waals surface area contributed by atoms with Gasteiger partial charge in [0.1, 0.15) is 12.4 Å². The first-order valence-electron chi connectivity index (χ1n) is 10.2. The van der Waals surface area contributed by atoms with Crippen LogP contribution in [0.15, 0.2) is 29.3 Å². The minimum atomic E-state index is 0.681. The molecule has 0 radical (unpaired) electrons. The molecule has 0 amide bonds. The van der Waals surface area contributed by atoms with E-state index in [1.807, 2.05) is 25.1 Å². The van der Waals surface area contributed by atoms with Gasteiger partial charge in [0, 0.05) is 45.5 Å². The van der Waals surface area contributed by atoms with Crippen LogP contribution in [-0.2, 0) is 11.3 Å². The monoisotopic (exact) mass is 378 g/mol. The van der Waals surface area contributed by atoms with E-state index >= 15 is 0 Å². The molecule has 0 unspecified atom stereocenters. The van der Waals surface area contributed by atoms with Gasteiger partial charge in [-0.25, -0.2) is 0 Å². The van der Waals surface area contributed by atoms with Crippen LogP contribution in [0.1, 0.15) is 39.2 Å². The van der Waals surface area contributed by atoms with Crippen molar-refractivity contribution in [3.05, 3.63) is 29.8 Å². The lowest BCUT2D eigenvalue weighted by Crippen LogP contribution is -2.37. The average molecular weight is 379 g/mol. The van der Waals surface area contributed by atoms with E-state index in [4.69, 9.17) is 9.47 Å². The minimum absolute atomic E-state index is 0.681. The van der Waals surface area contributed by atoms with E-state index in [9.17, 15) is 0 Å². The number of benzene rings is 1. The van der Waals surface area contributed by atoms with Crippen LogP contribution in [-0.4, -0.2) is 63.9 Å². The number of para-hydroxylation sites is 1. The van der Waals surface area contributed by atoms with Gasteiger partial charge in [-0.1, -0.05) is 32.0 Å². The Balaban J connectivity index is 2.39. The van der Waals surface area contributed by atoms with E-state index in [0.29, 0.717) is 13.2 Å². The largest absolute Gasteiger partial charge is 0.492 e. The third kappa shape index (κ3) is 10.2. The molecule has 0 saturated heterocycles. The number of hydrogen-bond acceptors (Lipinski definition) is 4. The highest BCUT2D eigenvalue weighted by atomic mass is 16.5. The van der Waals surface area contributed by atoms with Crippen LogP contribution in [0.25, 0.3) is 0 Å². The highest BCUT2D eigenvalue weighted by molar-refractivity contribution is 5.79. The maximum Gasteiger partial charge on any atom is 0.191 e. The smallest absolute Gasteiger partial charge is 0.191 e. The van der Waals surface area contributed by atoms with Gasteiger partial charge < -0.3 is 25.0 Å². The molecule has 0 aliphatic carbocycles. The number of nitrogens with zero attached hydrogens (tertiary/aromatic N) is 2. The highest BCUT2D eigenvalue weighted by Crippen LogP contribution is 2.17. The molecule has 2 N–H and O–H groups in total. The fourth-order valence-electron chi connectivity index (χ4n) is 2.70. The van der Waals surface area contributed by atoms with Gasteiger partial charge in [-0.05, 0) is 38.9 Å². The summed E-state index contributed by atoms with van der Waals surface area (Å²) in [7, 11) is 1.79. The first-order chi connectivity index (χ1) is 13.2. The van der Waals surface area contributed by atoms with Crippen molar-refractivity contribution in [2.45, 2.75) is 40.2 Å². The third-order valence-electron chi connectivity index (χ3n) is 4.41. The summed E-state index contributed by atoms with van der Waals surface area (Å²) in [5.41, 5.74) is 1.14. The maximum absolute atomic E-state index is 6.02. The number of ether oxygens (including phenoxy) is 2. The van der Waals surface area contributed by atoms with Gasteiger partial charge >= 0.3 is 0 Å². The summed E-state index contributed by atoms with van der Waals surface area (Å²) in [4.78, 5) is 6.65. The molecular weight excluding hydrogens is 340 g/mol. The van der Waals surface area contributed by atoms with Crippen LogP contribution in [0.3, 0.4) is 0 Å². The zero-order chi connectivity index (χ0) is 19.7. The van der Waals surface area contributed by atoms with Crippen molar-refractivity contribution >= 4 is 5.96 Å². The number of nitrogens with one attached hydrogen (secondary N) is 2. The van der Waals surface area contributed by atoms with Crippen molar-refractivity contribution in [2.24, 2.45) is 4.99 Å².